The number of halogens is 1. The maximum absolute atomic E-state index is 11.4. The van der Waals surface area contributed by atoms with E-state index in [4.69, 9.17) is 9.84 Å². The Morgan fingerprint density at radius 3 is 2.57 bits per heavy atom. The Kier molecular flexibility index (Phi) is 5.79. The fourth-order valence-electron chi connectivity index (χ4n) is 1.36. The number of alkyl carbamates (subject to hydrolysis) is 1. The van der Waals surface area contributed by atoms with Crippen molar-refractivity contribution >= 4 is 28.0 Å². The van der Waals surface area contributed by atoms with Gasteiger partial charge in [0, 0.05) is 10.0 Å². The Morgan fingerprint density at radius 1 is 1.33 bits per heavy atom. The average molecular weight is 354 g/mol. The van der Waals surface area contributed by atoms with Crippen LogP contribution in [0.5, 0.6) is 0 Å². The van der Waals surface area contributed by atoms with Crippen LogP contribution in [0.4, 0.5) is 4.79 Å². The molecule has 0 atom stereocenters. The number of rotatable bonds is 2. The van der Waals surface area contributed by atoms with E-state index in [0.29, 0.717) is 10.0 Å². The molecule has 1 aromatic carbocycles. The molecule has 0 saturated carbocycles. The molecule has 0 radical (unpaired) electrons. The van der Waals surface area contributed by atoms with Crippen LogP contribution in [0.1, 0.15) is 36.7 Å². The van der Waals surface area contributed by atoms with Crippen LogP contribution in [-0.4, -0.2) is 29.3 Å². The van der Waals surface area contributed by atoms with E-state index in [-0.39, 0.29) is 12.1 Å². The fraction of sp³-hybridized carbons (Fsp3) is 0.333. The summed E-state index contributed by atoms with van der Waals surface area (Å²) in [6.07, 6.45) is -0.544. The van der Waals surface area contributed by atoms with Crippen LogP contribution < -0.4 is 5.32 Å². The van der Waals surface area contributed by atoms with Crippen molar-refractivity contribution in [1.82, 2.24) is 5.32 Å². The van der Waals surface area contributed by atoms with Gasteiger partial charge < -0.3 is 15.2 Å². The number of hydrogen-bond donors (Lipinski definition) is 2. The number of carboxylic acid groups (broad SMARTS) is 1. The van der Waals surface area contributed by atoms with E-state index in [0.717, 1.165) is 0 Å². The van der Waals surface area contributed by atoms with E-state index in [1.54, 1.807) is 26.8 Å². The maximum Gasteiger partial charge on any atom is 0.408 e. The molecule has 6 heteroatoms. The number of carbonyl (C=O) groups is 2. The topological polar surface area (TPSA) is 75.6 Å². The number of ether oxygens (including phenoxy) is 1. The van der Waals surface area contributed by atoms with Gasteiger partial charge >= 0.3 is 12.1 Å². The Hall–Kier alpha value is -2.00. The van der Waals surface area contributed by atoms with Gasteiger partial charge in [0.25, 0.3) is 0 Å². The third-order valence-electron chi connectivity index (χ3n) is 2.10. The third kappa shape index (κ3) is 6.82. The van der Waals surface area contributed by atoms with Gasteiger partial charge in [0.05, 0.1) is 12.1 Å². The van der Waals surface area contributed by atoms with E-state index in [1.807, 2.05) is 0 Å². The zero-order chi connectivity index (χ0) is 16.0. The molecule has 0 heterocycles. The molecular formula is C15H16BrNO4. The van der Waals surface area contributed by atoms with Gasteiger partial charge in [0.15, 0.2) is 0 Å². The number of aromatic carboxylic acids is 1. The fourth-order valence-corrected chi connectivity index (χ4v) is 1.86. The van der Waals surface area contributed by atoms with E-state index >= 15 is 0 Å². The second kappa shape index (κ2) is 7.14. The molecule has 21 heavy (non-hydrogen) atoms. The number of amides is 1. The van der Waals surface area contributed by atoms with Crippen LogP contribution in [-0.2, 0) is 4.74 Å². The summed E-state index contributed by atoms with van der Waals surface area (Å²) in [5, 5.41) is 11.4. The van der Waals surface area contributed by atoms with Crippen molar-refractivity contribution in [2.75, 3.05) is 6.54 Å². The van der Waals surface area contributed by atoms with Crippen molar-refractivity contribution < 1.29 is 19.4 Å². The molecule has 0 fully saturated rings. The highest BCUT2D eigenvalue weighted by Crippen LogP contribution is 2.15. The highest BCUT2D eigenvalue weighted by Gasteiger charge is 2.15. The molecule has 0 aliphatic rings. The highest BCUT2D eigenvalue weighted by atomic mass is 79.9. The highest BCUT2D eigenvalue weighted by molar-refractivity contribution is 9.10. The first-order valence-corrected chi connectivity index (χ1v) is 6.96. The van der Waals surface area contributed by atoms with Gasteiger partial charge in [-0.05, 0) is 39.0 Å². The first-order valence-electron chi connectivity index (χ1n) is 6.17. The second-order valence-corrected chi connectivity index (χ2v) is 6.11. The summed E-state index contributed by atoms with van der Waals surface area (Å²) >= 11 is 3.23. The molecular weight excluding hydrogens is 338 g/mol. The zero-order valence-electron chi connectivity index (χ0n) is 12.0. The van der Waals surface area contributed by atoms with Crippen molar-refractivity contribution in [2.45, 2.75) is 26.4 Å². The number of carboxylic acids is 1. The van der Waals surface area contributed by atoms with E-state index in [1.165, 1.54) is 12.1 Å². The lowest BCUT2D eigenvalue weighted by Crippen LogP contribution is -2.32. The van der Waals surface area contributed by atoms with Gasteiger partial charge in [-0.1, -0.05) is 27.8 Å². The van der Waals surface area contributed by atoms with Gasteiger partial charge in [-0.15, -0.1) is 0 Å². The summed E-state index contributed by atoms with van der Waals surface area (Å²) in [5.41, 5.74) is 0.139. The molecule has 1 aromatic rings. The van der Waals surface area contributed by atoms with Crippen LogP contribution in [0.25, 0.3) is 0 Å². The number of hydrogen-bond acceptors (Lipinski definition) is 3. The smallest absolute Gasteiger partial charge is 0.408 e. The molecule has 112 valence electrons. The lowest BCUT2D eigenvalue weighted by Gasteiger charge is -2.18. The summed E-state index contributed by atoms with van der Waals surface area (Å²) in [6.45, 7) is 5.43. The lowest BCUT2D eigenvalue weighted by atomic mass is 10.1. The van der Waals surface area contributed by atoms with Crippen molar-refractivity contribution in [1.29, 1.82) is 0 Å². The predicted molar refractivity (Wildman–Crippen MR) is 82.2 cm³/mol. The summed E-state index contributed by atoms with van der Waals surface area (Å²) in [4.78, 5) is 22.3. The molecule has 1 rings (SSSR count). The quantitative estimate of drug-likeness (QED) is 0.801. The summed E-state index contributed by atoms with van der Waals surface area (Å²) in [7, 11) is 0. The van der Waals surface area contributed by atoms with E-state index < -0.39 is 17.7 Å². The van der Waals surface area contributed by atoms with Gasteiger partial charge in [-0.3, -0.25) is 0 Å². The average Bonchev–Trinajstić information content (AvgIpc) is 2.31. The Balaban J connectivity index is 2.63. The molecule has 0 aromatic heterocycles. The van der Waals surface area contributed by atoms with Crippen molar-refractivity contribution in [3.8, 4) is 11.8 Å². The van der Waals surface area contributed by atoms with Crippen molar-refractivity contribution in [3.63, 3.8) is 0 Å². The summed E-state index contributed by atoms with van der Waals surface area (Å²) < 4.78 is 5.69. The minimum atomic E-state index is -1.02. The van der Waals surface area contributed by atoms with E-state index in [2.05, 4.69) is 33.1 Å². The minimum Gasteiger partial charge on any atom is -0.478 e. The largest absolute Gasteiger partial charge is 0.478 e. The lowest BCUT2D eigenvalue weighted by molar-refractivity contribution is 0.0534. The molecule has 5 nitrogen and oxygen atoms in total. The molecule has 2 N–H and O–H groups in total. The van der Waals surface area contributed by atoms with Gasteiger partial charge in [-0.25, -0.2) is 9.59 Å². The Labute approximate surface area is 131 Å². The van der Waals surface area contributed by atoms with Gasteiger partial charge in [-0.2, -0.15) is 0 Å². The number of nitrogens with one attached hydrogen (secondary N) is 1. The first kappa shape index (κ1) is 17.1. The monoisotopic (exact) mass is 353 g/mol. The van der Waals surface area contributed by atoms with Crippen molar-refractivity contribution in [3.05, 3.63) is 33.8 Å². The second-order valence-electron chi connectivity index (χ2n) is 5.19. The number of carbonyl (C=O) groups excluding carboxylic acids is 1. The summed E-state index contributed by atoms with van der Waals surface area (Å²) in [5.74, 6) is 4.50. The molecule has 0 aliphatic heterocycles. The van der Waals surface area contributed by atoms with Crippen LogP contribution in [0.2, 0.25) is 0 Å². The van der Waals surface area contributed by atoms with E-state index in [9.17, 15) is 9.59 Å². The molecule has 0 unspecified atom stereocenters. The maximum atomic E-state index is 11.4. The molecule has 0 spiro atoms. The minimum absolute atomic E-state index is 0.115. The number of benzene rings is 1. The normalized spacial score (nSPS) is 10.3. The van der Waals surface area contributed by atoms with Crippen LogP contribution >= 0.6 is 15.9 Å². The van der Waals surface area contributed by atoms with Crippen LogP contribution in [0.15, 0.2) is 22.7 Å². The SMILES string of the molecule is CC(C)(C)OC(=O)NCC#Cc1cc(Br)cc(C(=O)O)c1. The van der Waals surface area contributed by atoms with Crippen molar-refractivity contribution in [2.24, 2.45) is 0 Å². The van der Waals surface area contributed by atoms with Crippen LogP contribution in [0, 0.1) is 11.8 Å². The molecule has 0 bridgehead atoms. The first-order chi connectivity index (χ1) is 9.67. The molecule has 0 saturated heterocycles. The molecule has 0 aliphatic carbocycles. The zero-order valence-corrected chi connectivity index (χ0v) is 13.6. The Morgan fingerprint density at radius 2 is 2.00 bits per heavy atom. The van der Waals surface area contributed by atoms with Crippen LogP contribution in [0.3, 0.4) is 0 Å². The molecule has 1 amide bonds. The Bertz CT molecular complexity index is 608. The summed E-state index contributed by atoms with van der Waals surface area (Å²) in [6, 6.07) is 4.66. The van der Waals surface area contributed by atoms with Gasteiger partial charge in [0.2, 0.25) is 0 Å². The third-order valence-corrected chi connectivity index (χ3v) is 2.56. The standard InChI is InChI=1S/C15H16BrNO4/c1-15(2,3)21-14(20)17-6-4-5-10-7-11(13(18)19)9-12(16)8-10/h7-9H,6H2,1-3H3,(H,17,20)(H,18,19). The van der Waals surface area contributed by atoms with Gasteiger partial charge in [0.1, 0.15) is 5.60 Å². The predicted octanol–water partition coefficient (Wildman–Crippen LogP) is 3.02.